The van der Waals surface area contributed by atoms with Crippen LogP contribution in [-0.4, -0.2) is 18.2 Å². The first-order valence-corrected chi connectivity index (χ1v) is 6.75. The van der Waals surface area contributed by atoms with E-state index in [4.69, 9.17) is 27.2 Å². The van der Waals surface area contributed by atoms with Gasteiger partial charge in [0.2, 0.25) is 0 Å². The van der Waals surface area contributed by atoms with Gasteiger partial charge in [0, 0.05) is 5.69 Å². The Kier molecular flexibility index (Phi) is 5.06. The number of rotatable bonds is 4. The molecular formula is C15H15ClFN3O2. The van der Waals surface area contributed by atoms with E-state index in [9.17, 15) is 4.39 Å². The number of benzene rings is 2. The minimum Gasteiger partial charge on any atom is -0.505 e. The van der Waals surface area contributed by atoms with Crippen molar-refractivity contribution >= 4 is 23.2 Å². The lowest BCUT2D eigenvalue weighted by molar-refractivity contribution is 0.415. The molecule has 2 aromatic rings. The number of phenolic OH excluding ortho intramolecular Hbond substituents is 1. The highest BCUT2D eigenvalue weighted by molar-refractivity contribution is 6.32. The molecule has 0 aliphatic heterocycles. The van der Waals surface area contributed by atoms with Gasteiger partial charge in [-0.15, -0.1) is 0 Å². The Hall–Kier alpha value is -2.47. The molecule has 5 nitrogen and oxygen atoms in total. The molecule has 0 saturated carbocycles. The van der Waals surface area contributed by atoms with Gasteiger partial charge in [-0.1, -0.05) is 17.7 Å². The SMILES string of the molecule is COc1ccc(NC(N)=NCc2ccc(O)c(F)c2)cc1Cl. The van der Waals surface area contributed by atoms with Crippen LogP contribution in [0.25, 0.3) is 0 Å². The molecule has 22 heavy (non-hydrogen) atoms. The van der Waals surface area contributed by atoms with Crippen LogP contribution in [-0.2, 0) is 6.54 Å². The number of aromatic hydroxyl groups is 1. The molecular weight excluding hydrogens is 309 g/mol. The second-order valence-electron chi connectivity index (χ2n) is 4.46. The maximum atomic E-state index is 13.2. The third kappa shape index (κ3) is 4.02. The molecule has 116 valence electrons. The second-order valence-corrected chi connectivity index (χ2v) is 4.87. The molecule has 0 aromatic heterocycles. The Bertz CT molecular complexity index is 707. The second kappa shape index (κ2) is 7.00. The Morgan fingerprint density at radius 2 is 2.14 bits per heavy atom. The standard InChI is InChI=1S/C15H15ClFN3O2/c1-22-14-5-3-10(7-11(14)16)20-15(18)19-8-9-2-4-13(21)12(17)6-9/h2-7,21H,8H2,1H3,(H3,18,19,20). The fourth-order valence-electron chi connectivity index (χ4n) is 1.76. The fraction of sp³-hybridized carbons (Fsp3) is 0.133. The number of halogens is 2. The number of hydrogen-bond acceptors (Lipinski definition) is 3. The Labute approximate surface area is 132 Å². The zero-order valence-corrected chi connectivity index (χ0v) is 12.6. The zero-order chi connectivity index (χ0) is 16.1. The van der Waals surface area contributed by atoms with E-state index in [0.717, 1.165) is 0 Å². The number of guanidine groups is 1. The highest BCUT2D eigenvalue weighted by atomic mass is 35.5. The smallest absolute Gasteiger partial charge is 0.193 e. The lowest BCUT2D eigenvalue weighted by Crippen LogP contribution is -2.22. The maximum absolute atomic E-state index is 13.2. The summed E-state index contributed by atoms with van der Waals surface area (Å²) in [7, 11) is 1.53. The zero-order valence-electron chi connectivity index (χ0n) is 11.8. The van der Waals surface area contributed by atoms with Gasteiger partial charge in [0.15, 0.2) is 17.5 Å². The van der Waals surface area contributed by atoms with Crippen molar-refractivity contribution in [2.75, 3.05) is 12.4 Å². The van der Waals surface area contributed by atoms with Gasteiger partial charge in [0.25, 0.3) is 0 Å². The summed E-state index contributed by atoms with van der Waals surface area (Å²) in [5.74, 6) is -0.370. The normalized spacial score (nSPS) is 11.3. The Balaban J connectivity index is 2.03. The largest absolute Gasteiger partial charge is 0.505 e. The van der Waals surface area contributed by atoms with E-state index in [1.54, 1.807) is 24.3 Å². The summed E-state index contributed by atoms with van der Waals surface area (Å²) in [6.45, 7) is 0.180. The van der Waals surface area contributed by atoms with Crippen LogP contribution in [0.3, 0.4) is 0 Å². The number of hydrogen-bond donors (Lipinski definition) is 3. The van der Waals surface area contributed by atoms with Crippen molar-refractivity contribution in [3.05, 3.63) is 52.8 Å². The number of methoxy groups -OCH3 is 1. The third-order valence-electron chi connectivity index (χ3n) is 2.87. The van der Waals surface area contributed by atoms with Crippen LogP contribution in [0.1, 0.15) is 5.56 Å². The molecule has 2 aromatic carbocycles. The fourth-order valence-corrected chi connectivity index (χ4v) is 2.01. The topological polar surface area (TPSA) is 79.9 Å². The van der Waals surface area contributed by atoms with E-state index >= 15 is 0 Å². The molecule has 2 rings (SSSR count). The summed E-state index contributed by atoms with van der Waals surface area (Å²) in [4.78, 5) is 4.09. The van der Waals surface area contributed by atoms with Crippen LogP contribution in [0.5, 0.6) is 11.5 Å². The van der Waals surface area contributed by atoms with Crippen molar-refractivity contribution in [3.63, 3.8) is 0 Å². The van der Waals surface area contributed by atoms with Gasteiger partial charge >= 0.3 is 0 Å². The van der Waals surface area contributed by atoms with E-state index in [2.05, 4.69) is 10.3 Å². The number of nitrogens with two attached hydrogens (primary N) is 1. The van der Waals surface area contributed by atoms with E-state index < -0.39 is 11.6 Å². The average Bonchev–Trinajstić information content (AvgIpc) is 2.49. The highest BCUT2D eigenvalue weighted by Gasteiger charge is 2.04. The van der Waals surface area contributed by atoms with Crippen molar-refractivity contribution in [3.8, 4) is 11.5 Å². The van der Waals surface area contributed by atoms with Gasteiger partial charge in [-0.2, -0.15) is 0 Å². The van der Waals surface area contributed by atoms with Crippen molar-refractivity contribution < 1.29 is 14.2 Å². The minimum absolute atomic E-state index is 0.162. The lowest BCUT2D eigenvalue weighted by atomic mass is 10.2. The van der Waals surface area contributed by atoms with Crippen LogP contribution in [0.2, 0.25) is 5.02 Å². The summed E-state index contributed by atoms with van der Waals surface area (Å²) in [6, 6.07) is 9.15. The van der Waals surface area contributed by atoms with Crippen LogP contribution >= 0.6 is 11.6 Å². The van der Waals surface area contributed by atoms with Crippen molar-refractivity contribution in [1.29, 1.82) is 0 Å². The van der Waals surface area contributed by atoms with Crippen molar-refractivity contribution in [2.24, 2.45) is 10.7 Å². The van der Waals surface area contributed by atoms with Crippen LogP contribution in [0, 0.1) is 5.82 Å². The molecule has 0 saturated heterocycles. The predicted octanol–water partition coefficient (Wildman–Crippen LogP) is 3.12. The van der Waals surface area contributed by atoms with E-state index in [-0.39, 0.29) is 12.5 Å². The molecule has 7 heteroatoms. The first-order chi connectivity index (χ1) is 10.5. The molecule has 0 aliphatic rings. The molecule has 4 N–H and O–H groups in total. The molecule has 0 aliphatic carbocycles. The van der Waals surface area contributed by atoms with Crippen LogP contribution in [0.4, 0.5) is 10.1 Å². The summed E-state index contributed by atoms with van der Waals surface area (Å²) < 4.78 is 18.2. The quantitative estimate of drug-likeness (QED) is 0.596. The number of anilines is 1. The number of nitrogens with one attached hydrogen (secondary N) is 1. The minimum atomic E-state index is -0.693. The summed E-state index contributed by atoms with van der Waals surface area (Å²) >= 11 is 6.01. The number of aliphatic imine (C=N–C) groups is 1. The molecule has 0 bridgehead atoms. The lowest BCUT2D eigenvalue weighted by Gasteiger charge is -2.08. The van der Waals surface area contributed by atoms with E-state index in [0.29, 0.717) is 22.0 Å². The summed E-state index contributed by atoms with van der Waals surface area (Å²) in [5, 5.41) is 12.4. The number of ether oxygens (including phenoxy) is 1. The van der Waals surface area contributed by atoms with Gasteiger partial charge in [-0.25, -0.2) is 9.38 Å². The van der Waals surface area contributed by atoms with Gasteiger partial charge in [-0.05, 0) is 35.9 Å². The summed E-state index contributed by atoms with van der Waals surface area (Å²) in [6.07, 6.45) is 0. The Morgan fingerprint density at radius 1 is 1.36 bits per heavy atom. The maximum Gasteiger partial charge on any atom is 0.193 e. The molecule has 0 amide bonds. The van der Waals surface area contributed by atoms with E-state index in [1.165, 1.54) is 19.2 Å². The molecule has 0 fully saturated rings. The number of phenols is 1. The van der Waals surface area contributed by atoms with Crippen molar-refractivity contribution in [1.82, 2.24) is 0 Å². The number of nitrogens with zero attached hydrogens (tertiary/aromatic N) is 1. The molecule has 0 unspecified atom stereocenters. The van der Waals surface area contributed by atoms with Gasteiger partial charge in [-0.3, -0.25) is 0 Å². The summed E-state index contributed by atoms with van der Waals surface area (Å²) in [5.41, 5.74) is 7.01. The van der Waals surface area contributed by atoms with Crippen LogP contribution in [0.15, 0.2) is 41.4 Å². The predicted molar refractivity (Wildman–Crippen MR) is 85.0 cm³/mol. The third-order valence-corrected chi connectivity index (χ3v) is 3.16. The van der Waals surface area contributed by atoms with Gasteiger partial charge < -0.3 is 20.9 Å². The first-order valence-electron chi connectivity index (χ1n) is 6.37. The average molecular weight is 324 g/mol. The highest BCUT2D eigenvalue weighted by Crippen LogP contribution is 2.27. The Morgan fingerprint density at radius 3 is 2.77 bits per heavy atom. The van der Waals surface area contributed by atoms with Gasteiger partial charge in [0.05, 0.1) is 18.7 Å². The van der Waals surface area contributed by atoms with Crippen molar-refractivity contribution in [2.45, 2.75) is 6.54 Å². The van der Waals surface area contributed by atoms with Crippen LogP contribution < -0.4 is 15.8 Å². The molecule has 0 radical (unpaired) electrons. The monoisotopic (exact) mass is 323 g/mol. The van der Waals surface area contributed by atoms with Gasteiger partial charge in [0.1, 0.15) is 5.75 Å². The van der Waals surface area contributed by atoms with E-state index in [1.807, 2.05) is 0 Å². The first kappa shape index (κ1) is 15.9. The molecule has 0 heterocycles. The molecule has 0 spiro atoms. The molecule has 0 atom stereocenters.